The average Bonchev–Trinajstić information content (AvgIpc) is 3.56. The number of Topliss-reactive ketones (excluding diaryl/α,β-unsaturated/α-hetero) is 1. The van der Waals surface area contributed by atoms with Gasteiger partial charge in [-0.05, 0) is 72.2 Å². The number of piperazine rings is 1. The van der Waals surface area contributed by atoms with E-state index in [1.54, 1.807) is 4.90 Å². The number of likely N-dealkylation sites (tertiary alicyclic amines) is 1. The van der Waals surface area contributed by atoms with Crippen LogP contribution in [0.1, 0.15) is 73.4 Å². The summed E-state index contributed by atoms with van der Waals surface area (Å²) in [5, 5.41) is 0.400. The SMILES string of the molecule is C[C@@H]1CCCN1Cc1sc(CC(=O)c2cnc(N3CCN(C(=O)OC(C)(C)C)C[C@@H]3C)cn2)nc1-c1cc(F)cc(C(F)(F)F)c1. The first-order valence-electron chi connectivity index (χ1n) is 15.3. The van der Waals surface area contributed by atoms with Crippen LogP contribution >= 0.6 is 11.3 Å². The van der Waals surface area contributed by atoms with Gasteiger partial charge < -0.3 is 14.5 Å². The Kier molecular flexibility index (Phi) is 9.69. The summed E-state index contributed by atoms with van der Waals surface area (Å²) in [6.45, 7) is 12.2. The lowest BCUT2D eigenvalue weighted by molar-refractivity contribution is -0.137. The van der Waals surface area contributed by atoms with Crippen molar-refractivity contribution in [3.05, 3.63) is 57.6 Å². The summed E-state index contributed by atoms with van der Waals surface area (Å²) in [5.41, 5.74) is -1.28. The van der Waals surface area contributed by atoms with Crippen LogP contribution in [0.3, 0.4) is 0 Å². The van der Waals surface area contributed by atoms with Crippen molar-refractivity contribution in [2.24, 2.45) is 0 Å². The van der Waals surface area contributed by atoms with Crippen molar-refractivity contribution < 1.29 is 31.9 Å². The molecule has 14 heteroatoms. The van der Waals surface area contributed by atoms with Gasteiger partial charge in [-0.3, -0.25) is 9.69 Å². The second kappa shape index (κ2) is 13.2. The maximum atomic E-state index is 14.4. The van der Waals surface area contributed by atoms with E-state index >= 15 is 0 Å². The second-order valence-electron chi connectivity index (χ2n) is 12.9. The summed E-state index contributed by atoms with van der Waals surface area (Å²) in [6.07, 6.45) is -0.291. The fraction of sp³-hybridized carbons (Fsp3) is 0.531. The van der Waals surface area contributed by atoms with Gasteiger partial charge in [-0.1, -0.05) is 0 Å². The maximum absolute atomic E-state index is 14.4. The Balaban J connectivity index is 1.31. The predicted molar refractivity (Wildman–Crippen MR) is 166 cm³/mol. The Bertz CT molecular complexity index is 1570. The van der Waals surface area contributed by atoms with Gasteiger partial charge in [0.15, 0.2) is 5.78 Å². The number of carbonyl (C=O) groups excluding carboxylic acids is 2. The number of aromatic nitrogens is 3. The van der Waals surface area contributed by atoms with Crippen molar-refractivity contribution in [1.29, 1.82) is 0 Å². The first kappa shape index (κ1) is 33.7. The van der Waals surface area contributed by atoms with E-state index < -0.39 is 23.2 Å². The molecule has 2 atom stereocenters. The molecule has 2 fully saturated rings. The van der Waals surface area contributed by atoms with E-state index in [1.165, 1.54) is 23.7 Å². The van der Waals surface area contributed by atoms with Crippen LogP contribution in [0.25, 0.3) is 11.3 Å². The van der Waals surface area contributed by atoms with E-state index in [4.69, 9.17) is 4.74 Å². The van der Waals surface area contributed by atoms with E-state index in [9.17, 15) is 27.2 Å². The molecular weight excluding hydrogens is 624 g/mol. The monoisotopic (exact) mass is 662 g/mol. The van der Waals surface area contributed by atoms with E-state index in [0.29, 0.717) is 47.9 Å². The standard InChI is InChI=1S/C32H38F4N6O3S/c1-19-7-6-8-40(19)18-26-29(21-11-22(32(34,35)36)13-23(33)12-21)39-28(46-26)14-25(43)24-15-38-27(16-37-24)42-10-9-41(17-20(42)2)30(44)45-31(3,4)5/h11-13,15-16,19-20H,6-10,14,17-18H2,1-5H3/t19-,20+/m1/s1. The minimum absolute atomic E-state index is 0.0224. The fourth-order valence-corrected chi connectivity index (χ4v) is 6.86. The van der Waals surface area contributed by atoms with Crippen LogP contribution in [0.4, 0.5) is 28.2 Å². The third-order valence-electron chi connectivity index (χ3n) is 8.09. The molecule has 0 saturated carbocycles. The molecule has 2 aliphatic heterocycles. The summed E-state index contributed by atoms with van der Waals surface area (Å²) < 4.78 is 60.4. The molecule has 0 bridgehead atoms. The largest absolute Gasteiger partial charge is 0.444 e. The number of ether oxygens (including phenoxy) is 1. The molecule has 1 aromatic carbocycles. The topological polar surface area (TPSA) is 91.8 Å². The van der Waals surface area contributed by atoms with Gasteiger partial charge in [0, 0.05) is 48.7 Å². The van der Waals surface area contributed by atoms with Gasteiger partial charge in [0.25, 0.3) is 0 Å². The quantitative estimate of drug-likeness (QED) is 0.206. The van der Waals surface area contributed by atoms with Crippen molar-refractivity contribution in [3.8, 4) is 11.3 Å². The van der Waals surface area contributed by atoms with Crippen LogP contribution in [-0.4, -0.2) is 80.5 Å². The lowest BCUT2D eigenvalue weighted by atomic mass is 10.1. The van der Waals surface area contributed by atoms with Crippen molar-refractivity contribution in [2.45, 2.75) is 84.3 Å². The molecule has 0 radical (unpaired) electrons. The number of benzene rings is 1. The average molecular weight is 663 g/mol. The lowest BCUT2D eigenvalue weighted by Gasteiger charge is -2.40. The van der Waals surface area contributed by atoms with Gasteiger partial charge in [0.2, 0.25) is 0 Å². The molecule has 4 heterocycles. The summed E-state index contributed by atoms with van der Waals surface area (Å²) in [5.74, 6) is -0.789. The molecule has 2 aromatic heterocycles. The Morgan fingerprint density at radius 1 is 1.02 bits per heavy atom. The second-order valence-corrected chi connectivity index (χ2v) is 14.1. The molecular formula is C32H38F4N6O3S. The predicted octanol–water partition coefficient (Wildman–Crippen LogP) is 6.61. The van der Waals surface area contributed by atoms with Crippen LogP contribution in [0.2, 0.25) is 0 Å². The number of carbonyl (C=O) groups is 2. The molecule has 2 saturated heterocycles. The Hall–Kier alpha value is -3.65. The zero-order chi connectivity index (χ0) is 33.4. The van der Waals surface area contributed by atoms with Crippen LogP contribution in [0.5, 0.6) is 0 Å². The van der Waals surface area contributed by atoms with E-state index in [2.05, 4.69) is 26.8 Å². The number of hydrogen-bond acceptors (Lipinski definition) is 9. The summed E-state index contributed by atoms with van der Waals surface area (Å²) >= 11 is 1.24. The van der Waals surface area contributed by atoms with Gasteiger partial charge in [-0.2, -0.15) is 13.2 Å². The first-order valence-corrected chi connectivity index (χ1v) is 16.1. The summed E-state index contributed by atoms with van der Waals surface area (Å²) in [7, 11) is 0. The van der Waals surface area contributed by atoms with E-state index in [0.717, 1.165) is 31.5 Å². The summed E-state index contributed by atoms with van der Waals surface area (Å²) in [6, 6.07) is 2.63. The van der Waals surface area contributed by atoms with Crippen LogP contribution < -0.4 is 4.90 Å². The fourth-order valence-electron chi connectivity index (χ4n) is 5.74. The van der Waals surface area contributed by atoms with E-state index in [1.807, 2.05) is 32.6 Å². The molecule has 46 heavy (non-hydrogen) atoms. The van der Waals surface area contributed by atoms with Gasteiger partial charge in [0.1, 0.15) is 27.9 Å². The van der Waals surface area contributed by atoms with Crippen molar-refractivity contribution in [2.75, 3.05) is 31.1 Å². The van der Waals surface area contributed by atoms with Crippen LogP contribution in [0.15, 0.2) is 30.6 Å². The summed E-state index contributed by atoms with van der Waals surface area (Å²) in [4.78, 5) is 45.7. The molecule has 0 spiro atoms. The number of rotatable bonds is 7. The van der Waals surface area contributed by atoms with Crippen molar-refractivity contribution in [1.82, 2.24) is 24.8 Å². The molecule has 0 aliphatic carbocycles. The zero-order valence-electron chi connectivity index (χ0n) is 26.5. The molecule has 248 valence electrons. The molecule has 2 aliphatic rings. The molecule has 3 aromatic rings. The highest BCUT2D eigenvalue weighted by molar-refractivity contribution is 7.12. The van der Waals surface area contributed by atoms with E-state index in [-0.39, 0.29) is 47.3 Å². The van der Waals surface area contributed by atoms with Crippen LogP contribution in [-0.2, 0) is 23.9 Å². The van der Waals surface area contributed by atoms with Gasteiger partial charge >= 0.3 is 12.3 Å². The smallest absolute Gasteiger partial charge is 0.416 e. The normalized spacial score (nSPS) is 19.5. The minimum Gasteiger partial charge on any atom is -0.444 e. The highest BCUT2D eigenvalue weighted by atomic mass is 32.1. The number of amides is 1. The number of thiazole rings is 1. The third-order valence-corrected chi connectivity index (χ3v) is 9.13. The Morgan fingerprint density at radius 3 is 2.39 bits per heavy atom. The van der Waals surface area contributed by atoms with Crippen LogP contribution in [0, 0.1) is 5.82 Å². The highest BCUT2D eigenvalue weighted by Gasteiger charge is 2.33. The minimum atomic E-state index is -4.72. The first-order chi connectivity index (χ1) is 21.6. The Morgan fingerprint density at radius 2 is 1.78 bits per heavy atom. The lowest BCUT2D eigenvalue weighted by Crippen LogP contribution is -2.54. The van der Waals surface area contributed by atoms with Gasteiger partial charge in [0.05, 0.1) is 30.1 Å². The molecule has 0 N–H and O–H groups in total. The maximum Gasteiger partial charge on any atom is 0.416 e. The number of nitrogens with zero attached hydrogens (tertiary/aromatic N) is 6. The highest BCUT2D eigenvalue weighted by Crippen LogP contribution is 2.37. The molecule has 0 unspecified atom stereocenters. The zero-order valence-corrected chi connectivity index (χ0v) is 27.3. The molecule has 1 amide bonds. The van der Waals surface area contributed by atoms with Crippen molar-refractivity contribution >= 4 is 29.0 Å². The van der Waals surface area contributed by atoms with Gasteiger partial charge in [-0.15, -0.1) is 11.3 Å². The third kappa shape index (κ3) is 8.00. The number of alkyl halides is 3. The number of ketones is 1. The van der Waals surface area contributed by atoms with Gasteiger partial charge in [-0.25, -0.2) is 24.1 Å². The number of hydrogen-bond donors (Lipinski definition) is 0. The number of halogens is 4. The number of anilines is 1. The molecule has 5 rings (SSSR count). The molecule has 9 nitrogen and oxygen atoms in total. The Labute approximate surface area is 269 Å². The van der Waals surface area contributed by atoms with Crippen molar-refractivity contribution in [3.63, 3.8) is 0 Å².